The second kappa shape index (κ2) is 4.69. The van der Waals surface area contributed by atoms with Crippen LogP contribution in [0, 0.1) is 5.82 Å². The Morgan fingerprint density at radius 2 is 2.28 bits per heavy atom. The van der Waals surface area contributed by atoms with Crippen LogP contribution >= 0.6 is 15.9 Å². The summed E-state index contributed by atoms with van der Waals surface area (Å²) in [7, 11) is 1.56. The van der Waals surface area contributed by atoms with Crippen LogP contribution in [0.25, 0.3) is 0 Å². The average Bonchev–Trinajstić information content (AvgIpc) is 2.69. The Balaban J connectivity index is 2.26. The first kappa shape index (κ1) is 12.4. The van der Waals surface area contributed by atoms with E-state index >= 15 is 0 Å². The van der Waals surface area contributed by atoms with Gasteiger partial charge in [0, 0.05) is 4.47 Å². The van der Waals surface area contributed by atoms with E-state index in [1.165, 1.54) is 10.9 Å². The molecule has 9 heteroatoms. The zero-order valence-electron chi connectivity index (χ0n) is 9.19. The van der Waals surface area contributed by atoms with Gasteiger partial charge in [-0.1, -0.05) is 5.10 Å². The van der Waals surface area contributed by atoms with Crippen LogP contribution in [0.4, 0.5) is 16.0 Å². The van der Waals surface area contributed by atoms with E-state index in [0.29, 0.717) is 0 Å². The maximum absolute atomic E-state index is 13.1. The van der Waals surface area contributed by atoms with Gasteiger partial charge in [-0.15, -0.1) is 5.10 Å². The summed E-state index contributed by atoms with van der Waals surface area (Å²) < 4.78 is 13.4. The molecule has 2 rings (SSSR count). The molecule has 1 amide bonds. The third-order valence-corrected chi connectivity index (χ3v) is 2.72. The van der Waals surface area contributed by atoms with Crippen molar-refractivity contribution in [2.75, 3.05) is 11.1 Å². The van der Waals surface area contributed by atoms with Gasteiger partial charge < -0.3 is 5.73 Å². The van der Waals surface area contributed by atoms with Gasteiger partial charge in [-0.05, 0) is 33.3 Å². The zero-order valence-corrected chi connectivity index (χ0v) is 10.8. The lowest BCUT2D eigenvalue weighted by molar-refractivity contribution is 0.102. The fraction of sp³-hybridized carbons (Fsp3) is 0.111. The minimum Gasteiger partial charge on any atom is -0.396 e. The summed E-state index contributed by atoms with van der Waals surface area (Å²) >= 11 is 3.08. The number of tetrazole rings is 1. The number of halogens is 2. The van der Waals surface area contributed by atoms with Crippen LogP contribution in [0.5, 0.6) is 0 Å². The first-order valence-corrected chi connectivity index (χ1v) is 5.56. The Labute approximate surface area is 109 Å². The van der Waals surface area contributed by atoms with Crippen LogP contribution in [0.2, 0.25) is 0 Å². The fourth-order valence-corrected chi connectivity index (χ4v) is 1.74. The van der Waals surface area contributed by atoms with Crippen molar-refractivity contribution in [3.63, 3.8) is 0 Å². The number of anilines is 2. The van der Waals surface area contributed by atoms with Gasteiger partial charge in [-0.25, -0.2) is 4.39 Å². The van der Waals surface area contributed by atoms with Gasteiger partial charge in [-0.2, -0.15) is 4.80 Å². The molecule has 1 heterocycles. The predicted octanol–water partition coefficient (Wildman–Crippen LogP) is 0.946. The molecule has 0 spiro atoms. The molecule has 0 aliphatic carbocycles. The summed E-state index contributed by atoms with van der Waals surface area (Å²) in [6, 6.07) is 2.35. The van der Waals surface area contributed by atoms with Gasteiger partial charge >= 0.3 is 0 Å². The Hall–Kier alpha value is -2.03. The molecule has 0 unspecified atom stereocenters. The first-order valence-electron chi connectivity index (χ1n) is 4.77. The molecule has 0 atom stereocenters. The molecular formula is C9H8BrFN6O. The summed E-state index contributed by atoms with van der Waals surface area (Å²) in [5, 5.41) is 13.4. The summed E-state index contributed by atoms with van der Waals surface area (Å²) in [6.45, 7) is 0. The second-order valence-electron chi connectivity index (χ2n) is 3.41. The SMILES string of the molecule is Cn1nnc(NC(=O)c2cc(N)c(F)cc2Br)n1. The smallest absolute Gasteiger partial charge is 0.270 e. The van der Waals surface area contributed by atoms with Gasteiger partial charge in [0.2, 0.25) is 0 Å². The summed E-state index contributed by atoms with van der Waals surface area (Å²) in [5.74, 6) is -1.06. The van der Waals surface area contributed by atoms with Crippen molar-refractivity contribution in [3.05, 3.63) is 28.0 Å². The zero-order chi connectivity index (χ0) is 13.3. The molecule has 94 valence electrons. The van der Waals surface area contributed by atoms with Gasteiger partial charge in [0.15, 0.2) is 0 Å². The second-order valence-corrected chi connectivity index (χ2v) is 4.26. The largest absolute Gasteiger partial charge is 0.396 e. The molecule has 3 N–H and O–H groups in total. The van der Waals surface area contributed by atoms with E-state index in [1.54, 1.807) is 7.05 Å². The van der Waals surface area contributed by atoms with E-state index in [-0.39, 0.29) is 21.7 Å². The highest BCUT2D eigenvalue weighted by Gasteiger charge is 2.15. The summed E-state index contributed by atoms with van der Waals surface area (Å²) in [5.41, 5.74) is 5.47. The van der Waals surface area contributed by atoms with E-state index in [2.05, 4.69) is 36.7 Å². The van der Waals surface area contributed by atoms with E-state index in [9.17, 15) is 9.18 Å². The van der Waals surface area contributed by atoms with Gasteiger partial charge in [0.25, 0.3) is 11.9 Å². The Kier molecular flexibility index (Phi) is 3.24. The van der Waals surface area contributed by atoms with E-state index in [4.69, 9.17) is 5.73 Å². The van der Waals surface area contributed by atoms with E-state index in [1.807, 2.05) is 0 Å². The van der Waals surface area contributed by atoms with Gasteiger partial charge in [-0.3, -0.25) is 10.1 Å². The van der Waals surface area contributed by atoms with E-state index < -0.39 is 11.7 Å². The number of nitrogens with two attached hydrogens (primary N) is 1. The van der Waals surface area contributed by atoms with Crippen molar-refractivity contribution in [1.82, 2.24) is 20.2 Å². The highest BCUT2D eigenvalue weighted by Crippen LogP contribution is 2.23. The fourth-order valence-electron chi connectivity index (χ4n) is 1.24. The first-order chi connectivity index (χ1) is 8.47. The molecule has 7 nitrogen and oxygen atoms in total. The molecule has 1 aromatic carbocycles. The summed E-state index contributed by atoms with van der Waals surface area (Å²) in [6.07, 6.45) is 0. The van der Waals surface area contributed by atoms with Crippen molar-refractivity contribution in [3.8, 4) is 0 Å². The Bertz CT molecular complexity index is 613. The Morgan fingerprint density at radius 1 is 1.56 bits per heavy atom. The average molecular weight is 315 g/mol. The van der Waals surface area contributed by atoms with E-state index in [0.717, 1.165) is 6.07 Å². The molecule has 0 saturated heterocycles. The van der Waals surface area contributed by atoms with Crippen LogP contribution in [0.3, 0.4) is 0 Å². The molecule has 0 aliphatic heterocycles. The normalized spacial score (nSPS) is 10.4. The number of nitrogens with zero attached hydrogens (tertiary/aromatic N) is 4. The topological polar surface area (TPSA) is 98.7 Å². The third-order valence-electron chi connectivity index (χ3n) is 2.06. The lowest BCUT2D eigenvalue weighted by atomic mass is 10.2. The van der Waals surface area contributed by atoms with Gasteiger partial charge in [0.05, 0.1) is 18.3 Å². The van der Waals surface area contributed by atoms with Crippen LogP contribution in [-0.2, 0) is 7.05 Å². The number of hydrogen-bond donors (Lipinski definition) is 2. The number of amides is 1. The maximum Gasteiger partial charge on any atom is 0.270 e. The van der Waals surface area contributed by atoms with Crippen molar-refractivity contribution in [2.45, 2.75) is 0 Å². The predicted molar refractivity (Wildman–Crippen MR) is 65.3 cm³/mol. The molecule has 0 saturated carbocycles. The van der Waals surface area contributed by atoms with Crippen molar-refractivity contribution in [1.29, 1.82) is 0 Å². The Morgan fingerprint density at radius 3 is 2.89 bits per heavy atom. The molecule has 0 radical (unpaired) electrons. The van der Waals surface area contributed by atoms with Crippen molar-refractivity contribution < 1.29 is 9.18 Å². The highest BCUT2D eigenvalue weighted by molar-refractivity contribution is 9.10. The van der Waals surface area contributed by atoms with Crippen molar-refractivity contribution in [2.24, 2.45) is 7.05 Å². The third kappa shape index (κ3) is 2.45. The number of nitrogens with one attached hydrogen (secondary N) is 1. The number of nitrogen functional groups attached to an aromatic ring is 1. The molecular weight excluding hydrogens is 307 g/mol. The number of aryl methyl sites for hydroxylation is 1. The molecule has 0 bridgehead atoms. The molecule has 18 heavy (non-hydrogen) atoms. The number of carbonyl (C=O) groups excluding carboxylic acids is 1. The number of aromatic nitrogens is 4. The van der Waals surface area contributed by atoms with Crippen LogP contribution in [0.15, 0.2) is 16.6 Å². The number of rotatable bonds is 2. The number of benzene rings is 1. The number of carbonyl (C=O) groups is 1. The quantitative estimate of drug-likeness (QED) is 0.804. The van der Waals surface area contributed by atoms with Crippen molar-refractivity contribution >= 4 is 33.5 Å². The minimum atomic E-state index is -0.601. The molecule has 1 aromatic heterocycles. The standard InChI is InChI=1S/C9H8BrFN6O/c1-17-15-9(14-16-17)13-8(18)4-2-7(12)6(11)3-5(4)10/h2-3H,12H2,1H3,(H,13,15,18). The summed E-state index contributed by atoms with van der Waals surface area (Å²) in [4.78, 5) is 13.1. The van der Waals surface area contributed by atoms with Crippen LogP contribution in [-0.4, -0.2) is 26.1 Å². The maximum atomic E-state index is 13.1. The molecule has 2 aromatic rings. The van der Waals surface area contributed by atoms with Crippen LogP contribution < -0.4 is 11.1 Å². The molecule has 0 fully saturated rings. The monoisotopic (exact) mass is 314 g/mol. The highest BCUT2D eigenvalue weighted by atomic mass is 79.9. The lowest BCUT2D eigenvalue weighted by Gasteiger charge is -2.05. The lowest BCUT2D eigenvalue weighted by Crippen LogP contribution is -2.14. The van der Waals surface area contributed by atoms with Crippen LogP contribution in [0.1, 0.15) is 10.4 Å². The minimum absolute atomic E-state index is 0.0531. The number of hydrogen-bond acceptors (Lipinski definition) is 5. The van der Waals surface area contributed by atoms with Gasteiger partial charge in [0.1, 0.15) is 5.82 Å². The molecule has 0 aliphatic rings.